The molecule has 0 saturated carbocycles. The lowest BCUT2D eigenvalue weighted by Gasteiger charge is -1.96. The first-order chi connectivity index (χ1) is 6.86. The van der Waals surface area contributed by atoms with Gasteiger partial charge in [0, 0.05) is 18.8 Å². The first kappa shape index (κ1) is 8.96. The van der Waals surface area contributed by atoms with E-state index in [4.69, 9.17) is 0 Å². The van der Waals surface area contributed by atoms with Gasteiger partial charge in [-0.3, -0.25) is 9.78 Å². The lowest BCUT2D eigenvalue weighted by atomic mass is 10.1. The van der Waals surface area contributed by atoms with Crippen molar-refractivity contribution in [3.8, 4) is 0 Å². The molecule has 2 aromatic rings. The minimum Gasteiger partial charge on any atom is -0.292 e. The van der Waals surface area contributed by atoms with Crippen LogP contribution < -0.4 is 0 Å². The highest BCUT2D eigenvalue weighted by Gasteiger charge is 2.09. The minimum atomic E-state index is -0.00931. The molecular weight excluding hydrogens is 198 g/mol. The van der Waals surface area contributed by atoms with Gasteiger partial charge >= 0.3 is 0 Å². The maximum absolute atomic E-state index is 11.6. The third-order valence-corrected chi connectivity index (χ3v) is 2.24. The van der Waals surface area contributed by atoms with E-state index in [0.717, 1.165) is 17.3 Å². The molecular formula is C9H7N3OS. The lowest BCUT2D eigenvalue weighted by Crippen LogP contribution is -2.03. The van der Waals surface area contributed by atoms with Gasteiger partial charge < -0.3 is 0 Å². The summed E-state index contributed by atoms with van der Waals surface area (Å²) >= 11 is 1.05. The Bertz CT molecular complexity index is 413. The van der Waals surface area contributed by atoms with Crippen LogP contribution in [0.1, 0.15) is 16.1 Å². The van der Waals surface area contributed by atoms with Gasteiger partial charge in [0.05, 0.1) is 17.9 Å². The van der Waals surface area contributed by atoms with Gasteiger partial charge in [-0.1, -0.05) is 0 Å². The van der Waals surface area contributed by atoms with Gasteiger partial charge in [-0.25, -0.2) is 0 Å². The Morgan fingerprint density at radius 1 is 1.36 bits per heavy atom. The molecule has 0 N–H and O–H groups in total. The van der Waals surface area contributed by atoms with Crippen molar-refractivity contribution in [3.63, 3.8) is 0 Å². The van der Waals surface area contributed by atoms with Gasteiger partial charge in [0.25, 0.3) is 0 Å². The molecule has 70 valence electrons. The summed E-state index contributed by atoms with van der Waals surface area (Å²) < 4.78 is 7.66. The topological polar surface area (TPSA) is 55.7 Å². The Balaban J connectivity index is 2.10. The van der Waals surface area contributed by atoms with Crippen LogP contribution in [0.15, 0.2) is 30.7 Å². The van der Waals surface area contributed by atoms with E-state index in [9.17, 15) is 4.79 Å². The summed E-state index contributed by atoms with van der Waals surface area (Å²) in [7, 11) is 0. The third-order valence-electron chi connectivity index (χ3n) is 1.76. The normalized spacial score (nSPS) is 10.0. The van der Waals surface area contributed by atoms with E-state index in [2.05, 4.69) is 13.7 Å². The van der Waals surface area contributed by atoms with Crippen LogP contribution in [-0.4, -0.2) is 19.5 Å². The molecule has 2 rings (SSSR count). The molecule has 2 aromatic heterocycles. The molecule has 0 amide bonds. The van der Waals surface area contributed by atoms with Crippen molar-refractivity contribution < 1.29 is 4.79 Å². The fraction of sp³-hybridized carbons (Fsp3) is 0.111. The molecule has 0 fully saturated rings. The number of nitrogens with zero attached hydrogens (tertiary/aromatic N) is 3. The van der Waals surface area contributed by atoms with Gasteiger partial charge in [-0.2, -0.15) is 8.75 Å². The maximum Gasteiger partial charge on any atom is 0.188 e. The summed E-state index contributed by atoms with van der Waals surface area (Å²) in [5, 5.41) is 0. The summed E-state index contributed by atoms with van der Waals surface area (Å²) in [6.45, 7) is 0. The molecule has 0 unspecified atom stereocenters. The number of aromatic nitrogens is 3. The van der Waals surface area contributed by atoms with Crippen LogP contribution in [0, 0.1) is 0 Å². The van der Waals surface area contributed by atoms with Gasteiger partial charge in [0.1, 0.15) is 5.69 Å². The van der Waals surface area contributed by atoms with Crippen molar-refractivity contribution in [3.05, 3.63) is 42.0 Å². The van der Waals surface area contributed by atoms with Crippen molar-refractivity contribution in [1.82, 2.24) is 13.7 Å². The predicted octanol–water partition coefficient (Wildman–Crippen LogP) is 1.36. The van der Waals surface area contributed by atoms with Gasteiger partial charge in [0.2, 0.25) is 0 Å². The Hall–Kier alpha value is -1.62. The van der Waals surface area contributed by atoms with E-state index in [1.807, 2.05) is 12.1 Å². The standard InChI is InChI=1S/C9H7N3OS/c13-9(8-6-11-14-12-8)5-7-1-3-10-4-2-7/h1-4,6H,5H2. The number of rotatable bonds is 3. The van der Waals surface area contributed by atoms with E-state index in [-0.39, 0.29) is 5.78 Å². The number of pyridine rings is 1. The minimum absolute atomic E-state index is 0.00931. The zero-order valence-electron chi connectivity index (χ0n) is 7.25. The van der Waals surface area contributed by atoms with Crippen LogP contribution in [0.5, 0.6) is 0 Å². The number of hydrogen-bond acceptors (Lipinski definition) is 5. The molecule has 0 saturated heterocycles. The smallest absolute Gasteiger partial charge is 0.188 e. The van der Waals surface area contributed by atoms with E-state index >= 15 is 0 Å². The average molecular weight is 205 g/mol. The fourth-order valence-electron chi connectivity index (χ4n) is 1.06. The van der Waals surface area contributed by atoms with Crippen molar-refractivity contribution in [2.24, 2.45) is 0 Å². The van der Waals surface area contributed by atoms with E-state index in [1.54, 1.807) is 12.4 Å². The number of ketones is 1. The second-order valence-corrected chi connectivity index (χ2v) is 3.30. The number of carbonyl (C=O) groups is 1. The van der Waals surface area contributed by atoms with Gasteiger partial charge in [-0.05, 0) is 17.7 Å². The van der Waals surface area contributed by atoms with Crippen LogP contribution in [-0.2, 0) is 6.42 Å². The molecule has 0 aromatic carbocycles. The van der Waals surface area contributed by atoms with Crippen LogP contribution in [0.25, 0.3) is 0 Å². The molecule has 0 atom stereocenters. The maximum atomic E-state index is 11.6. The monoisotopic (exact) mass is 205 g/mol. The highest BCUT2D eigenvalue weighted by Crippen LogP contribution is 2.04. The van der Waals surface area contributed by atoms with Crippen LogP contribution >= 0.6 is 11.7 Å². The highest BCUT2D eigenvalue weighted by atomic mass is 32.1. The summed E-state index contributed by atoms with van der Waals surface area (Å²) in [5.41, 5.74) is 1.38. The summed E-state index contributed by atoms with van der Waals surface area (Å²) in [6.07, 6.45) is 5.19. The average Bonchev–Trinajstić information content (AvgIpc) is 2.72. The first-order valence-electron chi connectivity index (χ1n) is 4.06. The Morgan fingerprint density at radius 3 is 2.79 bits per heavy atom. The summed E-state index contributed by atoms with van der Waals surface area (Å²) in [5.74, 6) is -0.00931. The van der Waals surface area contributed by atoms with Crippen molar-refractivity contribution in [2.75, 3.05) is 0 Å². The molecule has 0 aliphatic rings. The van der Waals surface area contributed by atoms with Gasteiger partial charge in [-0.15, -0.1) is 0 Å². The summed E-state index contributed by atoms with van der Waals surface area (Å²) in [6, 6.07) is 3.63. The molecule has 5 heteroatoms. The number of hydrogen-bond donors (Lipinski definition) is 0. The highest BCUT2D eigenvalue weighted by molar-refractivity contribution is 6.99. The number of Topliss-reactive ketones (excluding diaryl/α,β-unsaturated/α-hetero) is 1. The quantitative estimate of drug-likeness (QED) is 0.710. The van der Waals surface area contributed by atoms with Crippen molar-refractivity contribution in [2.45, 2.75) is 6.42 Å². The SMILES string of the molecule is O=C(Cc1ccncc1)c1cnsn1. The van der Waals surface area contributed by atoms with E-state index in [1.165, 1.54) is 6.20 Å². The molecule has 0 bridgehead atoms. The molecule has 14 heavy (non-hydrogen) atoms. The molecule has 0 radical (unpaired) electrons. The Morgan fingerprint density at radius 2 is 2.14 bits per heavy atom. The molecule has 0 spiro atoms. The first-order valence-corrected chi connectivity index (χ1v) is 4.79. The van der Waals surface area contributed by atoms with Crippen molar-refractivity contribution >= 4 is 17.5 Å². The van der Waals surface area contributed by atoms with Crippen molar-refractivity contribution in [1.29, 1.82) is 0 Å². The predicted molar refractivity (Wildman–Crippen MR) is 52.2 cm³/mol. The zero-order chi connectivity index (χ0) is 9.80. The molecule has 2 heterocycles. The second kappa shape index (κ2) is 4.06. The fourth-order valence-corrected chi connectivity index (χ4v) is 1.50. The van der Waals surface area contributed by atoms with Crippen LogP contribution in [0.4, 0.5) is 0 Å². The third kappa shape index (κ3) is 2.00. The van der Waals surface area contributed by atoms with Crippen LogP contribution in [0.2, 0.25) is 0 Å². The zero-order valence-corrected chi connectivity index (χ0v) is 8.07. The summed E-state index contributed by atoms with van der Waals surface area (Å²) in [4.78, 5) is 15.4. The Labute approximate surface area is 85.0 Å². The lowest BCUT2D eigenvalue weighted by molar-refractivity contribution is 0.0989. The van der Waals surface area contributed by atoms with E-state index < -0.39 is 0 Å². The van der Waals surface area contributed by atoms with Crippen LogP contribution in [0.3, 0.4) is 0 Å². The van der Waals surface area contributed by atoms with Gasteiger partial charge in [0.15, 0.2) is 5.78 Å². The molecule has 4 nitrogen and oxygen atoms in total. The largest absolute Gasteiger partial charge is 0.292 e. The Kier molecular flexibility index (Phi) is 2.60. The second-order valence-electron chi connectivity index (χ2n) is 2.75. The molecule has 0 aliphatic carbocycles. The molecule has 0 aliphatic heterocycles. The van der Waals surface area contributed by atoms with E-state index in [0.29, 0.717) is 12.1 Å². The number of carbonyl (C=O) groups excluding carboxylic acids is 1.